The van der Waals surface area contributed by atoms with Gasteiger partial charge in [0.2, 0.25) is 5.91 Å². The minimum Gasteiger partial charge on any atom is -0.369 e. The van der Waals surface area contributed by atoms with E-state index in [0.717, 1.165) is 17.9 Å². The van der Waals surface area contributed by atoms with Crippen LogP contribution < -0.4 is 15.5 Å². The number of nitrogens with zero attached hydrogens (tertiary/aromatic N) is 3. The van der Waals surface area contributed by atoms with Crippen LogP contribution in [0, 0.1) is 0 Å². The highest BCUT2D eigenvalue weighted by Crippen LogP contribution is 2.33. The van der Waals surface area contributed by atoms with E-state index in [4.69, 9.17) is 0 Å². The molecule has 0 saturated heterocycles. The molecule has 102 valence electrons. The van der Waals surface area contributed by atoms with E-state index in [1.165, 1.54) is 0 Å². The minimum atomic E-state index is -0.0562. The van der Waals surface area contributed by atoms with Crippen LogP contribution in [-0.2, 0) is 4.79 Å². The number of nitrogens with one attached hydrogen (secondary N) is 2. The van der Waals surface area contributed by atoms with E-state index in [1.54, 1.807) is 12.4 Å². The van der Waals surface area contributed by atoms with Crippen LogP contribution in [0.2, 0.25) is 0 Å². The normalized spacial score (nSPS) is 13.7. The number of amides is 1. The Morgan fingerprint density at radius 2 is 2.20 bits per heavy atom. The van der Waals surface area contributed by atoms with Crippen molar-refractivity contribution in [2.45, 2.75) is 6.92 Å². The van der Waals surface area contributed by atoms with Gasteiger partial charge in [0.15, 0.2) is 5.82 Å². The van der Waals surface area contributed by atoms with Gasteiger partial charge in [0.1, 0.15) is 12.4 Å². The number of hydrogen-bond acceptors (Lipinski definition) is 5. The number of para-hydroxylation sites is 2. The third-order valence-electron chi connectivity index (χ3n) is 3.03. The quantitative estimate of drug-likeness (QED) is 0.891. The lowest BCUT2D eigenvalue weighted by Gasteiger charge is -2.29. The van der Waals surface area contributed by atoms with E-state index in [2.05, 4.69) is 20.6 Å². The number of hydrogen-bond donors (Lipinski definition) is 2. The van der Waals surface area contributed by atoms with Crippen molar-refractivity contribution in [1.29, 1.82) is 0 Å². The third-order valence-corrected chi connectivity index (χ3v) is 3.03. The molecule has 3 rings (SSSR count). The average Bonchev–Trinajstić information content (AvgIpc) is 2.47. The van der Waals surface area contributed by atoms with E-state index in [0.29, 0.717) is 11.6 Å². The minimum absolute atomic E-state index is 0.0562. The summed E-state index contributed by atoms with van der Waals surface area (Å²) >= 11 is 0. The van der Waals surface area contributed by atoms with Crippen LogP contribution in [0.5, 0.6) is 0 Å². The van der Waals surface area contributed by atoms with Crippen LogP contribution in [0.1, 0.15) is 6.92 Å². The van der Waals surface area contributed by atoms with Gasteiger partial charge in [0.25, 0.3) is 0 Å². The highest BCUT2D eigenvalue weighted by Gasteiger charge is 2.23. The molecule has 0 aliphatic carbocycles. The Kier molecular flexibility index (Phi) is 3.20. The van der Waals surface area contributed by atoms with E-state index in [1.807, 2.05) is 36.1 Å². The summed E-state index contributed by atoms with van der Waals surface area (Å²) in [6.07, 6.45) is 3.33. The topological polar surface area (TPSA) is 70.2 Å². The van der Waals surface area contributed by atoms with E-state index in [9.17, 15) is 4.79 Å². The van der Waals surface area contributed by atoms with Crippen LogP contribution in [0.15, 0.2) is 36.7 Å². The second-order valence-corrected chi connectivity index (χ2v) is 4.44. The number of benzene rings is 1. The lowest BCUT2D eigenvalue weighted by atomic mass is 10.2. The first kappa shape index (κ1) is 12.4. The summed E-state index contributed by atoms with van der Waals surface area (Å²) in [4.78, 5) is 22.3. The standard InChI is InChI=1S/C14H15N5O/c1-2-16-12-7-15-8-13(18-12)19-9-14(20)17-10-5-3-4-6-11(10)19/h3-8H,2,9H2,1H3,(H,16,18)(H,17,20). The Bertz CT molecular complexity index is 643. The molecule has 0 saturated carbocycles. The Morgan fingerprint density at radius 1 is 1.35 bits per heavy atom. The monoisotopic (exact) mass is 269 g/mol. The molecule has 1 aromatic heterocycles. The first-order valence-corrected chi connectivity index (χ1v) is 6.50. The molecular weight excluding hydrogens is 254 g/mol. The van der Waals surface area contributed by atoms with Crippen molar-refractivity contribution in [1.82, 2.24) is 9.97 Å². The molecule has 6 heteroatoms. The Labute approximate surface area is 116 Å². The fourth-order valence-electron chi connectivity index (χ4n) is 2.19. The average molecular weight is 269 g/mol. The first-order valence-electron chi connectivity index (χ1n) is 6.50. The zero-order valence-corrected chi connectivity index (χ0v) is 11.1. The van der Waals surface area contributed by atoms with Gasteiger partial charge in [-0.3, -0.25) is 9.78 Å². The van der Waals surface area contributed by atoms with E-state index < -0.39 is 0 Å². The van der Waals surface area contributed by atoms with Crippen molar-refractivity contribution < 1.29 is 4.79 Å². The molecule has 1 aromatic carbocycles. The molecule has 1 aliphatic rings. The Hall–Kier alpha value is -2.63. The van der Waals surface area contributed by atoms with Crippen LogP contribution in [0.3, 0.4) is 0 Å². The maximum absolute atomic E-state index is 11.8. The van der Waals surface area contributed by atoms with Gasteiger partial charge in [0.05, 0.1) is 23.8 Å². The van der Waals surface area contributed by atoms with Gasteiger partial charge < -0.3 is 15.5 Å². The highest BCUT2D eigenvalue weighted by atomic mass is 16.2. The van der Waals surface area contributed by atoms with Crippen LogP contribution in [0.25, 0.3) is 0 Å². The number of rotatable bonds is 3. The summed E-state index contributed by atoms with van der Waals surface area (Å²) in [5, 5.41) is 5.98. The molecule has 0 bridgehead atoms. The van der Waals surface area contributed by atoms with Crippen molar-refractivity contribution in [3.8, 4) is 0 Å². The molecule has 1 amide bonds. The lowest BCUT2D eigenvalue weighted by molar-refractivity contribution is -0.115. The smallest absolute Gasteiger partial charge is 0.244 e. The van der Waals surface area contributed by atoms with Crippen molar-refractivity contribution in [3.05, 3.63) is 36.7 Å². The number of carbonyl (C=O) groups is 1. The fraction of sp³-hybridized carbons (Fsp3) is 0.214. The summed E-state index contributed by atoms with van der Waals surface area (Å²) in [5.74, 6) is 1.30. The number of fused-ring (bicyclic) bond motifs is 1. The van der Waals surface area contributed by atoms with Crippen molar-refractivity contribution in [2.75, 3.05) is 28.6 Å². The molecule has 6 nitrogen and oxygen atoms in total. The van der Waals surface area contributed by atoms with Crippen LogP contribution in [-0.4, -0.2) is 29.0 Å². The molecule has 2 N–H and O–H groups in total. The molecule has 2 aromatic rings. The van der Waals surface area contributed by atoms with Crippen LogP contribution >= 0.6 is 0 Å². The molecule has 0 atom stereocenters. The second-order valence-electron chi connectivity index (χ2n) is 4.44. The predicted octanol–water partition coefficient (Wildman–Crippen LogP) is 2.00. The summed E-state index contributed by atoms with van der Waals surface area (Å²) in [7, 11) is 0. The molecule has 2 heterocycles. The van der Waals surface area contributed by atoms with Crippen LogP contribution in [0.4, 0.5) is 23.0 Å². The van der Waals surface area contributed by atoms with Gasteiger partial charge in [-0.25, -0.2) is 4.98 Å². The van der Waals surface area contributed by atoms with Gasteiger partial charge in [0, 0.05) is 6.54 Å². The largest absolute Gasteiger partial charge is 0.369 e. The molecule has 0 radical (unpaired) electrons. The van der Waals surface area contributed by atoms with E-state index >= 15 is 0 Å². The summed E-state index contributed by atoms with van der Waals surface area (Å²) in [5.41, 5.74) is 1.72. The molecule has 1 aliphatic heterocycles. The summed E-state index contributed by atoms with van der Waals surface area (Å²) in [6, 6.07) is 7.66. The molecular formula is C14H15N5O. The number of aromatic nitrogens is 2. The van der Waals surface area contributed by atoms with Gasteiger partial charge in [-0.1, -0.05) is 12.1 Å². The van der Waals surface area contributed by atoms with E-state index in [-0.39, 0.29) is 12.5 Å². The SMILES string of the molecule is CCNc1cncc(N2CC(=O)Nc3ccccc32)n1. The fourth-order valence-corrected chi connectivity index (χ4v) is 2.19. The predicted molar refractivity (Wildman–Crippen MR) is 78.3 cm³/mol. The van der Waals surface area contributed by atoms with Crippen molar-refractivity contribution in [2.24, 2.45) is 0 Å². The third kappa shape index (κ3) is 2.27. The zero-order valence-electron chi connectivity index (χ0n) is 11.1. The first-order chi connectivity index (χ1) is 9.78. The summed E-state index contributed by atoms with van der Waals surface area (Å²) in [6.45, 7) is 3.01. The Morgan fingerprint density at radius 3 is 3.05 bits per heavy atom. The molecule has 0 unspecified atom stereocenters. The lowest BCUT2D eigenvalue weighted by Crippen LogP contribution is -2.35. The van der Waals surface area contributed by atoms with Gasteiger partial charge >= 0.3 is 0 Å². The number of anilines is 4. The zero-order chi connectivity index (χ0) is 13.9. The van der Waals surface area contributed by atoms with Gasteiger partial charge in [-0.15, -0.1) is 0 Å². The summed E-state index contributed by atoms with van der Waals surface area (Å²) < 4.78 is 0. The van der Waals surface area contributed by atoms with Gasteiger partial charge in [-0.2, -0.15) is 0 Å². The maximum atomic E-state index is 11.8. The maximum Gasteiger partial charge on any atom is 0.244 e. The highest BCUT2D eigenvalue weighted by molar-refractivity contribution is 6.02. The second kappa shape index (κ2) is 5.16. The molecule has 0 spiro atoms. The van der Waals surface area contributed by atoms with Crippen molar-refractivity contribution in [3.63, 3.8) is 0 Å². The Balaban J connectivity index is 2.01. The molecule has 20 heavy (non-hydrogen) atoms. The van der Waals surface area contributed by atoms with Crippen molar-refractivity contribution >= 4 is 28.9 Å². The van der Waals surface area contributed by atoms with Gasteiger partial charge in [-0.05, 0) is 19.1 Å². The number of carbonyl (C=O) groups excluding carboxylic acids is 1. The molecule has 0 fully saturated rings.